The molecule has 2 aromatic rings. The molecule has 0 aliphatic carbocycles. The summed E-state index contributed by atoms with van der Waals surface area (Å²) in [7, 11) is 3.17. The van der Waals surface area contributed by atoms with E-state index in [9.17, 15) is 5.11 Å². The topological polar surface area (TPSA) is 38.7 Å². The highest BCUT2D eigenvalue weighted by Gasteiger charge is 2.20. The van der Waals surface area contributed by atoms with Crippen LogP contribution in [0.2, 0.25) is 0 Å². The molecule has 0 saturated heterocycles. The number of halogens is 2. The van der Waals surface area contributed by atoms with Crippen LogP contribution in [0.5, 0.6) is 11.5 Å². The van der Waals surface area contributed by atoms with Gasteiger partial charge in [-0.2, -0.15) is 0 Å². The minimum Gasteiger partial charge on any atom is -0.493 e. The van der Waals surface area contributed by atoms with E-state index in [1.54, 1.807) is 26.4 Å². The molecule has 0 spiro atoms. The van der Waals surface area contributed by atoms with Gasteiger partial charge in [0.1, 0.15) is 6.10 Å². The Labute approximate surface area is 146 Å². The van der Waals surface area contributed by atoms with Crippen LogP contribution >= 0.6 is 38.5 Å². The van der Waals surface area contributed by atoms with Crippen LogP contribution in [0.25, 0.3) is 0 Å². The Balaban J connectivity index is 2.53. The normalized spacial score (nSPS) is 12.1. The highest BCUT2D eigenvalue weighted by atomic mass is 127. The van der Waals surface area contributed by atoms with Crippen molar-refractivity contribution in [2.75, 3.05) is 14.2 Å². The van der Waals surface area contributed by atoms with Crippen molar-refractivity contribution in [1.82, 2.24) is 0 Å². The van der Waals surface area contributed by atoms with Crippen molar-refractivity contribution in [3.8, 4) is 11.5 Å². The number of aliphatic hydroxyl groups is 1. The van der Waals surface area contributed by atoms with E-state index in [-0.39, 0.29) is 0 Å². The maximum Gasteiger partial charge on any atom is 0.161 e. The molecule has 1 N–H and O–H groups in total. The van der Waals surface area contributed by atoms with Crippen LogP contribution in [0.4, 0.5) is 0 Å². The molecule has 2 aromatic carbocycles. The fourth-order valence-electron chi connectivity index (χ4n) is 2.13. The van der Waals surface area contributed by atoms with Gasteiger partial charge in [-0.1, -0.05) is 34.1 Å². The zero-order valence-electron chi connectivity index (χ0n) is 12.0. The highest BCUT2D eigenvalue weighted by Crippen LogP contribution is 2.39. The fourth-order valence-corrected chi connectivity index (χ4v) is 3.32. The Morgan fingerprint density at radius 1 is 1.10 bits per heavy atom. The number of ether oxygens (including phenoxy) is 2. The Morgan fingerprint density at radius 2 is 1.71 bits per heavy atom. The van der Waals surface area contributed by atoms with Crippen molar-refractivity contribution in [2.45, 2.75) is 13.0 Å². The molecule has 0 bridgehead atoms. The molecule has 1 atom stereocenters. The van der Waals surface area contributed by atoms with E-state index in [4.69, 9.17) is 9.47 Å². The molecule has 0 heterocycles. The first-order chi connectivity index (χ1) is 9.99. The second kappa shape index (κ2) is 6.98. The third kappa shape index (κ3) is 3.35. The van der Waals surface area contributed by atoms with Crippen LogP contribution in [0.3, 0.4) is 0 Å². The Bertz CT molecular complexity index is 658. The molecule has 0 amide bonds. The molecule has 0 aliphatic heterocycles. The van der Waals surface area contributed by atoms with Crippen LogP contribution in [0.1, 0.15) is 22.8 Å². The molecule has 0 radical (unpaired) electrons. The van der Waals surface area contributed by atoms with E-state index in [2.05, 4.69) is 38.5 Å². The maximum absolute atomic E-state index is 10.7. The zero-order valence-corrected chi connectivity index (χ0v) is 15.7. The minimum absolute atomic E-state index is 0.595. The quantitative estimate of drug-likeness (QED) is 0.681. The lowest BCUT2D eigenvalue weighted by Crippen LogP contribution is -2.05. The molecule has 0 fully saturated rings. The molecular weight excluding hydrogens is 447 g/mol. The average molecular weight is 463 g/mol. The van der Waals surface area contributed by atoms with Gasteiger partial charge in [-0.05, 0) is 52.8 Å². The lowest BCUT2D eigenvalue weighted by Gasteiger charge is -2.18. The van der Waals surface area contributed by atoms with Crippen molar-refractivity contribution in [2.24, 2.45) is 0 Å². The van der Waals surface area contributed by atoms with Gasteiger partial charge in [0.2, 0.25) is 0 Å². The van der Waals surface area contributed by atoms with Gasteiger partial charge >= 0.3 is 0 Å². The lowest BCUT2D eigenvalue weighted by atomic mass is 9.99. The van der Waals surface area contributed by atoms with E-state index < -0.39 is 6.10 Å². The first-order valence-electron chi connectivity index (χ1n) is 6.34. The van der Waals surface area contributed by atoms with Gasteiger partial charge in [-0.3, -0.25) is 0 Å². The molecule has 5 heteroatoms. The van der Waals surface area contributed by atoms with Gasteiger partial charge in [0.25, 0.3) is 0 Å². The van der Waals surface area contributed by atoms with Crippen LogP contribution in [0.15, 0.2) is 34.8 Å². The molecule has 21 heavy (non-hydrogen) atoms. The first kappa shape index (κ1) is 16.6. The van der Waals surface area contributed by atoms with E-state index in [1.807, 2.05) is 25.1 Å². The Kier molecular flexibility index (Phi) is 5.51. The molecular formula is C16H16BrIO3. The van der Waals surface area contributed by atoms with Gasteiger partial charge in [-0.15, -0.1) is 0 Å². The van der Waals surface area contributed by atoms with E-state index in [0.29, 0.717) is 11.5 Å². The third-order valence-electron chi connectivity index (χ3n) is 3.31. The minimum atomic E-state index is -0.731. The summed E-state index contributed by atoms with van der Waals surface area (Å²) in [4.78, 5) is 0. The van der Waals surface area contributed by atoms with Crippen molar-refractivity contribution in [3.63, 3.8) is 0 Å². The van der Waals surface area contributed by atoms with E-state index >= 15 is 0 Å². The summed E-state index contributed by atoms with van der Waals surface area (Å²) in [5.74, 6) is 1.22. The SMILES string of the molecule is COc1cc(Br)c(C(O)c2cccc(C)c2I)cc1OC. The highest BCUT2D eigenvalue weighted by molar-refractivity contribution is 14.1. The maximum atomic E-state index is 10.7. The summed E-state index contributed by atoms with van der Waals surface area (Å²) in [6, 6.07) is 9.51. The van der Waals surface area contributed by atoms with Crippen LogP contribution in [-0.4, -0.2) is 19.3 Å². The number of benzene rings is 2. The second-order valence-corrected chi connectivity index (χ2v) is 6.54. The molecule has 0 aliphatic rings. The molecule has 1 unspecified atom stereocenters. The summed E-state index contributed by atoms with van der Waals surface area (Å²) >= 11 is 5.75. The van der Waals surface area contributed by atoms with Crippen LogP contribution in [0, 0.1) is 10.5 Å². The number of aryl methyl sites for hydroxylation is 1. The molecule has 0 aromatic heterocycles. The Hall–Kier alpha value is -0.790. The number of hydrogen-bond acceptors (Lipinski definition) is 3. The van der Waals surface area contributed by atoms with Gasteiger partial charge in [0, 0.05) is 13.6 Å². The third-order valence-corrected chi connectivity index (χ3v) is 5.47. The standard InChI is InChI=1S/C16H16BrIO3/c1-9-5-4-6-10(15(9)18)16(19)11-7-13(20-2)14(21-3)8-12(11)17/h4-8,16,19H,1-3H3. The summed E-state index contributed by atoms with van der Waals surface area (Å²) in [5.41, 5.74) is 2.77. The number of aliphatic hydroxyl groups excluding tert-OH is 1. The van der Waals surface area contributed by atoms with Crippen molar-refractivity contribution >= 4 is 38.5 Å². The average Bonchev–Trinajstić information content (AvgIpc) is 2.49. The molecule has 3 nitrogen and oxygen atoms in total. The largest absolute Gasteiger partial charge is 0.493 e. The van der Waals surface area contributed by atoms with Crippen molar-refractivity contribution < 1.29 is 14.6 Å². The predicted molar refractivity (Wildman–Crippen MR) is 95.2 cm³/mol. The fraction of sp³-hybridized carbons (Fsp3) is 0.250. The lowest BCUT2D eigenvalue weighted by molar-refractivity contribution is 0.217. The summed E-state index contributed by atoms with van der Waals surface area (Å²) in [6.45, 7) is 2.03. The zero-order chi connectivity index (χ0) is 15.6. The van der Waals surface area contributed by atoms with Gasteiger partial charge in [-0.25, -0.2) is 0 Å². The smallest absolute Gasteiger partial charge is 0.161 e. The van der Waals surface area contributed by atoms with Crippen LogP contribution in [-0.2, 0) is 0 Å². The number of hydrogen-bond donors (Lipinski definition) is 1. The van der Waals surface area contributed by atoms with Gasteiger partial charge in [0.05, 0.1) is 14.2 Å². The molecule has 0 saturated carbocycles. The molecule has 2 rings (SSSR count). The molecule has 112 valence electrons. The van der Waals surface area contributed by atoms with Gasteiger partial charge in [0.15, 0.2) is 11.5 Å². The summed E-state index contributed by atoms with van der Waals surface area (Å²) < 4.78 is 12.4. The van der Waals surface area contributed by atoms with Gasteiger partial charge < -0.3 is 14.6 Å². The first-order valence-corrected chi connectivity index (χ1v) is 8.21. The van der Waals surface area contributed by atoms with Crippen molar-refractivity contribution in [3.05, 3.63) is 55.1 Å². The number of rotatable bonds is 4. The Morgan fingerprint density at radius 3 is 2.33 bits per heavy atom. The van der Waals surface area contributed by atoms with E-state index in [0.717, 1.165) is 24.7 Å². The van der Waals surface area contributed by atoms with E-state index in [1.165, 1.54) is 0 Å². The second-order valence-electron chi connectivity index (χ2n) is 4.61. The van der Waals surface area contributed by atoms with Crippen molar-refractivity contribution in [1.29, 1.82) is 0 Å². The summed E-state index contributed by atoms with van der Waals surface area (Å²) in [5, 5.41) is 10.7. The predicted octanol–water partition coefficient (Wildman–Crippen LogP) is 4.46. The summed E-state index contributed by atoms with van der Waals surface area (Å²) in [6.07, 6.45) is -0.731. The number of methoxy groups -OCH3 is 2. The monoisotopic (exact) mass is 462 g/mol. The van der Waals surface area contributed by atoms with Crippen LogP contribution < -0.4 is 9.47 Å².